The van der Waals surface area contributed by atoms with Crippen LogP contribution in [0.1, 0.15) is 41.5 Å². The third-order valence-corrected chi connectivity index (χ3v) is 6.86. The first-order valence-electron chi connectivity index (χ1n) is 11.8. The number of hydrogen-bond acceptors (Lipinski definition) is 6. The van der Waals surface area contributed by atoms with Crippen molar-refractivity contribution in [2.45, 2.75) is 38.8 Å². The Labute approximate surface area is 197 Å². The van der Waals surface area contributed by atoms with Crippen molar-refractivity contribution in [2.24, 2.45) is 0 Å². The van der Waals surface area contributed by atoms with E-state index < -0.39 is 0 Å². The largest absolute Gasteiger partial charge is 0.355 e. The fourth-order valence-corrected chi connectivity index (χ4v) is 5.22. The van der Waals surface area contributed by atoms with E-state index >= 15 is 0 Å². The Bertz CT molecular complexity index is 945. The van der Waals surface area contributed by atoms with Crippen LogP contribution >= 0.6 is 12.4 Å². The molecule has 32 heavy (non-hydrogen) atoms. The quantitative estimate of drug-likeness (QED) is 0.767. The Morgan fingerprint density at radius 3 is 2.31 bits per heavy atom. The molecule has 0 aliphatic carbocycles. The van der Waals surface area contributed by atoms with Crippen LogP contribution in [0.4, 0.5) is 11.6 Å². The highest BCUT2D eigenvalue weighted by Crippen LogP contribution is 2.36. The van der Waals surface area contributed by atoms with Crippen molar-refractivity contribution in [1.82, 2.24) is 15.2 Å². The molecule has 1 aromatic carbocycles. The van der Waals surface area contributed by atoms with Crippen LogP contribution in [-0.4, -0.2) is 55.7 Å². The molecule has 0 unspecified atom stereocenters. The predicted octanol–water partition coefficient (Wildman–Crippen LogP) is 3.33. The van der Waals surface area contributed by atoms with Crippen LogP contribution in [0.3, 0.4) is 0 Å². The third-order valence-electron chi connectivity index (χ3n) is 6.86. The number of rotatable bonds is 4. The lowest BCUT2D eigenvalue weighted by Gasteiger charge is -2.37. The molecule has 3 aliphatic rings. The zero-order valence-electron chi connectivity index (χ0n) is 18.7. The van der Waals surface area contributed by atoms with Crippen molar-refractivity contribution in [3.63, 3.8) is 0 Å². The van der Waals surface area contributed by atoms with Gasteiger partial charge in [0.15, 0.2) is 0 Å². The normalized spacial score (nSPS) is 19.1. The van der Waals surface area contributed by atoms with Crippen LogP contribution in [0, 0.1) is 11.3 Å². The number of fused-ring (bicyclic) bond motifs is 1. The molecule has 170 valence electrons. The van der Waals surface area contributed by atoms with Crippen LogP contribution in [0.15, 0.2) is 30.3 Å². The predicted molar refractivity (Wildman–Crippen MR) is 132 cm³/mol. The van der Waals surface area contributed by atoms with Gasteiger partial charge < -0.3 is 15.1 Å². The first-order chi connectivity index (χ1) is 15.3. The Morgan fingerprint density at radius 2 is 1.59 bits per heavy atom. The molecule has 1 aromatic heterocycles. The first kappa shape index (κ1) is 22.8. The number of pyridine rings is 1. The number of anilines is 2. The van der Waals surface area contributed by atoms with E-state index in [1.807, 2.05) is 0 Å². The van der Waals surface area contributed by atoms with E-state index in [9.17, 15) is 5.26 Å². The summed E-state index contributed by atoms with van der Waals surface area (Å²) in [6.07, 6.45) is 4.61. The highest BCUT2D eigenvalue weighted by Gasteiger charge is 2.30. The molecule has 2 saturated heterocycles. The molecule has 0 amide bonds. The van der Waals surface area contributed by atoms with Crippen LogP contribution in [-0.2, 0) is 19.5 Å². The number of piperidine rings is 1. The number of halogens is 1. The molecule has 0 bridgehead atoms. The molecule has 0 saturated carbocycles. The van der Waals surface area contributed by atoms with Gasteiger partial charge in [0.2, 0.25) is 0 Å². The second-order valence-electron chi connectivity index (χ2n) is 8.93. The average molecular weight is 453 g/mol. The number of nitrogens with zero attached hydrogens (tertiary/aromatic N) is 5. The summed E-state index contributed by atoms with van der Waals surface area (Å²) in [5.41, 5.74) is 4.67. The van der Waals surface area contributed by atoms with E-state index in [1.54, 1.807) is 0 Å². The minimum Gasteiger partial charge on any atom is -0.355 e. The third kappa shape index (κ3) is 4.71. The van der Waals surface area contributed by atoms with E-state index in [2.05, 4.69) is 56.4 Å². The van der Waals surface area contributed by atoms with Gasteiger partial charge in [-0.2, -0.15) is 5.26 Å². The second-order valence-corrected chi connectivity index (χ2v) is 8.93. The van der Waals surface area contributed by atoms with E-state index in [4.69, 9.17) is 4.98 Å². The molecular formula is C25H33ClN6. The molecule has 2 fully saturated rings. The number of nitrogens with one attached hydrogen (secondary N) is 1. The summed E-state index contributed by atoms with van der Waals surface area (Å²) in [5, 5.41) is 13.7. The molecule has 0 radical (unpaired) electrons. The van der Waals surface area contributed by atoms with Crippen molar-refractivity contribution in [3.05, 3.63) is 52.6 Å². The Kier molecular flexibility index (Phi) is 7.51. The maximum absolute atomic E-state index is 10.2. The van der Waals surface area contributed by atoms with Gasteiger partial charge in [0, 0.05) is 64.5 Å². The van der Waals surface area contributed by atoms with E-state index in [-0.39, 0.29) is 12.4 Å². The second kappa shape index (κ2) is 10.5. The fourth-order valence-electron chi connectivity index (χ4n) is 5.22. The van der Waals surface area contributed by atoms with Gasteiger partial charge in [-0.1, -0.05) is 30.3 Å². The summed E-state index contributed by atoms with van der Waals surface area (Å²) in [6, 6.07) is 13.2. The maximum Gasteiger partial charge on any atom is 0.149 e. The molecule has 5 rings (SSSR count). The SMILES string of the molecule is Cl.N#Cc1c(N2CCCCC2)nc(N2CCNCC2)c2c1CN(Cc1ccccc1)CC2. The van der Waals surface area contributed by atoms with Gasteiger partial charge in [-0.25, -0.2) is 4.98 Å². The Morgan fingerprint density at radius 1 is 0.875 bits per heavy atom. The highest BCUT2D eigenvalue weighted by molar-refractivity contribution is 5.85. The number of hydrogen-bond donors (Lipinski definition) is 1. The van der Waals surface area contributed by atoms with Crippen LogP contribution in [0.25, 0.3) is 0 Å². The van der Waals surface area contributed by atoms with Crippen LogP contribution in [0.5, 0.6) is 0 Å². The molecule has 3 aliphatic heterocycles. The average Bonchev–Trinajstić information content (AvgIpc) is 2.84. The summed E-state index contributed by atoms with van der Waals surface area (Å²) in [5.74, 6) is 2.06. The highest BCUT2D eigenvalue weighted by atomic mass is 35.5. The van der Waals surface area contributed by atoms with Gasteiger partial charge >= 0.3 is 0 Å². The van der Waals surface area contributed by atoms with Gasteiger partial charge in [0.25, 0.3) is 0 Å². The van der Waals surface area contributed by atoms with Gasteiger partial charge in [-0.3, -0.25) is 4.90 Å². The van der Waals surface area contributed by atoms with Gasteiger partial charge in [0.1, 0.15) is 17.7 Å². The molecule has 2 aromatic rings. The van der Waals surface area contributed by atoms with Gasteiger partial charge in [-0.05, 0) is 36.8 Å². The molecule has 7 heteroatoms. The lowest BCUT2D eigenvalue weighted by atomic mass is 9.94. The lowest BCUT2D eigenvalue weighted by molar-refractivity contribution is 0.245. The lowest BCUT2D eigenvalue weighted by Crippen LogP contribution is -2.45. The van der Waals surface area contributed by atoms with Crippen molar-refractivity contribution in [2.75, 3.05) is 55.6 Å². The van der Waals surface area contributed by atoms with E-state index in [0.717, 1.165) is 82.5 Å². The number of nitriles is 1. The molecule has 6 nitrogen and oxygen atoms in total. The van der Waals surface area contributed by atoms with Crippen molar-refractivity contribution < 1.29 is 0 Å². The summed E-state index contributed by atoms with van der Waals surface area (Å²) in [6.45, 7) is 8.74. The molecular weight excluding hydrogens is 420 g/mol. The molecule has 0 atom stereocenters. The monoisotopic (exact) mass is 452 g/mol. The summed E-state index contributed by atoms with van der Waals surface area (Å²) in [7, 11) is 0. The van der Waals surface area contributed by atoms with Gasteiger partial charge in [0.05, 0.1) is 5.56 Å². The molecule has 4 heterocycles. The fraction of sp³-hybridized carbons (Fsp3) is 0.520. The van der Waals surface area contributed by atoms with Crippen molar-refractivity contribution >= 4 is 24.0 Å². The standard InChI is InChI=1S/C25H32N6.ClH/c26-17-22-23-19-29(18-20-7-3-1-4-8-20)14-9-21(23)24(31-15-10-27-11-16-31)28-25(22)30-12-5-2-6-13-30;/h1,3-4,7-8,27H,2,5-6,9-16,18-19H2;1H. The maximum atomic E-state index is 10.2. The number of piperazine rings is 1. The zero-order chi connectivity index (χ0) is 21.0. The smallest absolute Gasteiger partial charge is 0.149 e. The topological polar surface area (TPSA) is 58.4 Å². The minimum absolute atomic E-state index is 0. The van der Waals surface area contributed by atoms with E-state index in [0.29, 0.717) is 0 Å². The summed E-state index contributed by atoms with van der Waals surface area (Å²) < 4.78 is 0. The van der Waals surface area contributed by atoms with Crippen molar-refractivity contribution in [1.29, 1.82) is 5.26 Å². The minimum atomic E-state index is 0. The van der Waals surface area contributed by atoms with Crippen LogP contribution in [0.2, 0.25) is 0 Å². The summed E-state index contributed by atoms with van der Waals surface area (Å²) in [4.78, 5) is 12.5. The van der Waals surface area contributed by atoms with E-state index in [1.165, 1.54) is 36.0 Å². The number of benzene rings is 1. The Balaban J connectivity index is 0.00000245. The van der Waals surface area contributed by atoms with Crippen LogP contribution < -0.4 is 15.1 Å². The number of aromatic nitrogens is 1. The van der Waals surface area contributed by atoms with Crippen molar-refractivity contribution in [3.8, 4) is 6.07 Å². The molecule has 0 spiro atoms. The molecule has 1 N–H and O–H groups in total. The first-order valence-corrected chi connectivity index (χ1v) is 11.8. The zero-order valence-corrected chi connectivity index (χ0v) is 19.5. The van der Waals surface area contributed by atoms with Gasteiger partial charge in [-0.15, -0.1) is 12.4 Å². The Hall–Kier alpha value is -2.33. The summed E-state index contributed by atoms with van der Waals surface area (Å²) >= 11 is 0.